The van der Waals surface area contributed by atoms with Crippen molar-refractivity contribution >= 4 is 5.71 Å². The summed E-state index contributed by atoms with van der Waals surface area (Å²) in [6.07, 6.45) is 5.23. The van der Waals surface area contributed by atoms with Crippen molar-refractivity contribution in [1.29, 1.82) is 0 Å². The highest BCUT2D eigenvalue weighted by Gasteiger charge is 2.39. The van der Waals surface area contributed by atoms with Crippen molar-refractivity contribution in [3.8, 4) is 23.0 Å². The summed E-state index contributed by atoms with van der Waals surface area (Å²) in [6.45, 7) is 1.94. The first-order valence-electron chi connectivity index (χ1n) is 15.6. The maximum absolute atomic E-state index is 11.6. The van der Waals surface area contributed by atoms with E-state index < -0.39 is 0 Å². The average Bonchev–Trinajstić information content (AvgIpc) is 3.06. The second-order valence-electron chi connectivity index (χ2n) is 12.2. The van der Waals surface area contributed by atoms with Gasteiger partial charge in [0, 0.05) is 36.8 Å². The minimum Gasteiger partial charge on any atom is -0.508 e. The van der Waals surface area contributed by atoms with E-state index in [1.807, 2.05) is 12.1 Å². The number of aliphatic hydroxyl groups is 1. The Bertz CT molecular complexity index is 1670. The van der Waals surface area contributed by atoms with Gasteiger partial charge in [-0.05, 0) is 78.8 Å². The van der Waals surface area contributed by atoms with Crippen LogP contribution in [-0.2, 0) is 35.3 Å². The highest BCUT2D eigenvalue weighted by molar-refractivity contribution is 5.92. The molecule has 6 heterocycles. The van der Waals surface area contributed by atoms with Gasteiger partial charge in [-0.1, -0.05) is 36.4 Å². The molecule has 0 amide bonds. The van der Waals surface area contributed by atoms with E-state index in [0.29, 0.717) is 54.1 Å². The molecule has 6 bridgehead atoms. The zero-order valence-electron chi connectivity index (χ0n) is 26.3. The molecule has 3 atom stereocenters. The zero-order valence-corrected chi connectivity index (χ0v) is 26.3. The maximum atomic E-state index is 11.6. The Morgan fingerprint density at radius 3 is 2.42 bits per heavy atom. The summed E-state index contributed by atoms with van der Waals surface area (Å²) < 4.78 is 30.4. The van der Waals surface area contributed by atoms with E-state index in [2.05, 4.69) is 60.5 Å². The minimum atomic E-state index is -0.252. The third-order valence-corrected chi connectivity index (χ3v) is 9.61. The van der Waals surface area contributed by atoms with Crippen molar-refractivity contribution in [2.45, 2.75) is 38.3 Å². The molecular weight excluding hydrogens is 568 g/mol. The maximum Gasteiger partial charge on any atom is 0.204 e. The van der Waals surface area contributed by atoms with Gasteiger partial charge in [-0.15, -0.1) is 0 Å². The molecule has 0 spiro atoms. The first-order valence-corrected chi connectivity index (χ1v) is 15.6. The van der Waals surface area contributed by atoms with Gasteiger partial charge in [0.05, 0.1) is 27.2 Å². The third kappa shape index (κ3) is 5.41. The van der Waals surface area contributed by atoms with Crippen LogP contribution in [0.15, 0.2) is 82.9 Å². The predicted octanol–water partition coefficient (Wildman–Crippen LogP) is 6.73. The number of aliphatic imine (C=N–C) groups is 1. The van der Waals surface area contributed by atoms with Crippen LogP contribution in [0, 0.1) is 11.8 Å². The van der Waals surface area contributed by atoms with Crippen LogP contribution < -0.4 is 14.2 Å². The lowest BCUT2D eigenvalue weighted by atomic mass is 9.77. The molecule has 8 heteroatoms. The van der Waals surface area contributed by atoms with Crippen LogP contribution in [-0.4, -0.2) is 57.2 Å². The van der Waals surface area contributed by atoms with E-state index >= 15 is 0 Å². The van der Waals surface area contributed by atoms with Crippen LogP contribution in [0.5, 0.6) is 23.0 Å². The highest BCUT2D eigenvalue weighted by atomic mass is 16.5. The van der Waals surface area contributed by atoms with E-state index in [0.717, 1.165) is 48.2 Å². The topological polar surface area (TPSA) is 82.0 Å². The van der Waals surface area contributed by atoms with Gasteiger partial charge in [0.25, 0.3) is 0 Å². The number of aliphatic hydroxyl groups excluding tert-OH is 1. The van der Waals surface area contributed by atoms with Gasteiger partial charge in [-0.2, -0.15) is 0 Å². The van der Waals surface area contributed by atoms with Crippen LogP contribution >= 0.6 is 0 Å². The van der Waals surface area contributed by atoms with Crippen molar-refractivity contribution in [3.05, 3.63) is 106 Å². The van der Waals surface area contributed by atoms with Gasteiger partial charge in [0.1, 0.15) is 18.1 Å². The number of benzene rings is 3. The number of methoxy groups -OCH3 is 3. The van der Waals surface area contributed by atoms with E-state index in [-0.39, 0.29) is 23.6 Å². The monoisotopic (exact) mass is 608 g/mol. The Labute approximate surface area is 264 Å². The van der Waals surface area contributed by atoms with Crippen LogP contribution in [0.4, 0.5) is 0 Å². The second kappa shape index (κ2) is 12.2. The molecule has 0 saturated heterocycles. The highest BCUT2D eigenvalue weighted by Crippen LogP contribution is 2.50. The van der Waals surface area contributed by atoms with Gasteiger partial charge >= 0.3 is 0 Å². The van der Waals surface area contributed by atoms with Crippen LogP contribution in [0.2, 0.25) is 0 Å². The normalized spacial score (nSPS) is 22.8. The van der Waals surface area contributed by atoms with Crippen LogP contribution in [0.3, 0.4) is 0 Å². The molecule has 0 radical (unpaired) electrons. The fourth-order valence-electron chi connectivity index (χ4n) is 7.20. The molecule has 234 valence electrons. The molecule has 1 aliphatic carbocycles. The Hall–Kier alpha value is -4.43. The van der Waals surface area contributed by atoms with Gasteiger partial charge in [-0.3, -0.25) is 9.89 Å². The lowest BCUT2D eigenvalue weighted by Gasteiger charge is -2.37. The summed E-state index contributed by atoms with van der Waals surface area (Å²) >= 11 is 0. The van der Waals surface area contributed by atoms with Gasteiger partial charge in [-0.25, -0.2) is 0 Å². The summed E-state index contributed by atoms with van der Waals surface area (Å²) in [5.41, 5.74) is 6.58. The number of allylic oxidation sites excluding steroid dienone is 2. The molecule has 10 rings (SSSR count). The van der Waals surface area contributed by atoms with Crippen molar-refractivity contribution in [2.75, 3.05) is 41.5 Å². The number of nitrogens with zero attached hydrogens (tertiary/aromatic N) is 2. The summed E-state index contributed by atoms with van der Waals surface area (Å²) in [4.78, 5) is 7.28. The molecule has 0 aromatic heterocycles. The number of hydrogen-bond donors (Lipinski definition) is 1. The fourth-order valence-corrected chi connectivity index (χ4v) is 7.20. The molecule has 3 unspecified atom stereocenters. The largest absolute Gasteiger partial charge is 0.508 e. The lowest BCUT2D eigenvalue weighted by molar-refractivity contribution is 0.131. The summed E-state index contributed by atoms with van der Waals surface area (Å²) in [5, 5.41) is 11.6. The van der Waals surface area contributed by atoms with Crippen LogP contribution in [0.1, 0.15) is 40.3 Å². The van der Waals surface area contributed by atoms with Gasteiger partial charge < -0.3 is 28.8 Å². The van der Waals surface area contributed by atoms with Crippen molar-refractivity contribution in [1.82, 2.24) is 4.90 Å². The molecule has 1 N–H and O–H groups in total. The molecule has 3 aromatic rings. The molecule has 7 aliphatic rings. The molecule has 8 nitrogen and oxygen atoms in total. The first kappa shape index (κ1) is 29.3. The average molecular weight is 609 g/mol. The smallest absolute Gasteiger partial charge is 0.204 e. The number of rotatable bonds is 3. The van der Waals surface area contributed by atoms with Crippen molar-refractivity contribution < 1.29 is 28.8 Å². The zero-order chi connectivity index (χ0) is 31.1. The third-order valence-electron chi connectivity index (χ3n) is 9.61. The molecule has 45 heavy (non-hydrogen) atoms. The quantitative estimate of drug-likeness (QED) is 0.353. The summed E-state index contributed by atoms with van der Waals surface area (Å²) in [5.74, 6) is 3.68. The van der Waals surface area contributed by atoms with Gasteiger partial charge in [0.15, 0.2) is 23.0 Å². The Morgan fingerprint density at radius 1 is 0.933 bits per heavy atom. The fraction of sp³-hybridized carbons (Fsp3) is 0.378. The van der Waals surface area contributed by atoms with E-state index in [9.17, 15) is 5.11 Å². The summed E-state index contributed by atoms with van der Waals surface area (Å²) in [7, 11) is 7.12. The van der Waals surface area contributed by atoms with Gasteiger partial charge in [0.2, 0.25) is 5.75 Å². The first-order chi connectivity index (χ1) is 22.0. The number of ether oxygens (including phenoxy) is 5. The van der Waals surface area contributed by atoms with E-state index in [1.165, 1.54) is 11.1 Å². The summed E-state index contributed by atoms with van der Waals surface area (Å²) in [6, 6.07) is 18.8. The SMILES string of the molecule is COC1=CC2CCN=C3Cc4ccc(cc4)Oc4c(OC)c(OC)cc5c4C(Cc4ccc(cc4)COC1=C(O)C32)N(C)CC5. The molecule has 6 aliphatic heterocycles. The number of likely N-dealkylation sites (N-methyl/N-ethyl adjacent to an activating group) is 1. The second-order valence-corrected chi connectivity index (χ2v) is 12.2. The molecule has 3 aromatic carbocycles. The standard InChI is InChI=1S/C37H40N2O6/c1-39-16-14-26-20-31(42-3)36(43-4)37-33(26)29(39)18-23-5-7-24(8-6-23)21-44-35-30(41-2)19-25-13-15-38-28(32(25)34(35)40)17-22-9-11-27(45-37)12-10-22/h5-12,19-20,25,29,32,40H,13-18,21H2,1-4H3. The molecular formula is C37H40N2O6. The van der Waals surface area contributed by atoms with E-state index in [1.54, 1.807) is 21.3 Å². The Balaban J connectivity index is 1.34. The van der Waals surface area contributed by atoms with Crippen molar-refractivity contribution in [3.63, 3.8) is 0 Å². The Kier molecular flexibility index (Phi) is 7.92. The van der Waals surface area contributed by atoms with E-state index in [4.69, 9.17) is 28.7 Å². The Morgan fingerprint density at radius 2 is 1.69 bits per heavy atom. The minimum absolute atomic E-state index is 0.0726. The molecule has 0 fully saturated rings. The predicted molar refractivity (Wildman–Crippen MR) is 172 cm³/mol. The molecule has 0 saturated carbocycles. The lowest BCUT2D eigenvalue weighted by Crippen LogP contribution is -2.34. The van der Waals surface area contributed by atoms with Crippen molar-refractivity contribution in [2.24, 2.45) is 16.8 Å². The van der Waals surface area contributed by atoms with Crippen LogP contribution in [0.25, 0.3) is 0 Å². The number of hydrogen-bond acceptors (Lipinski definition) is 8.